The minimum Gasteiger partial charge on any atom is -0.480 e. The van der Waals surface area contributed by atoms with Crippen molar-refractivity contribution in [2.45, 2.75) is 56.9 Å². The van der Waals surface area contributed by atoms with Gasteiger partial charge in [-0.2, -0.15) is 0 Å². The highest BCUT2D eigenvalue weighted by atomic mass is 16.4. The molecule has 3 aliphatic carbocycles. The number of hydrogen-bond donors (Lipinski definition) is 3. The topological polar surface area (TPSA) is 78.4 Å². The molecule has 0 heterocycles. The van der Waals surface area contributed by atoms with E-state index in [2.05, 4.69) is 10.6 Å². The van der Waals surface area contributed by atoms with Crippen LogP contribution in [-0.4, -0.2) is 29.2 Å². The number of nitrogens with one attached hydrogen (secondary N) is 2. The Kier molecular flexibility index (Phi) is 3.61. The molecule has 5 heteroatoms. The van der Waals surface area contributed by atoms with Crippen LogP contribution in [0.15, 0.2) is 0 Å². The van der Waals surface area contributed by atoms with Gasteiger partial charge in [-0.3, -0.25) is 0 Å². The zero-order valence-electron chi connectivity index (χ0n) is 11.9. The van der Waals surface area contributed by atoms with Gasteiger partial charge in [-0.1, -0.05) is 12.8 Å². The number of rotatable bonds is 6. The first-order chi connectivity index (χ1) is 9.61. The van der Waals surface area contributed by atoms with Gasteiger partial charge in [0.05, 0.1) is 0 Å². The fourth-order valence-corrected chi connectivity index (χ4v) is 3.61. The van der Waals surface area contributed by atoms with Crippen LogP contribution in [0, 0.1) is 17.8 Å². The van der Waals surface area contributed by atoms with Gasteiger partial charge in [-0.25, -0.2) is 9.59 Å². The molecule has 0 aromatic rings. The highest BCUT2D eigenvalue weighted by molar-refractivity contribution is 5.86. The van der Waals surface area contributed by atoms with Crippen molar-refractivity contribution in [3.8, 4) is 0 Å². The molecule has 5 nitrogen and oxygen atoms in total. The molecule has 0 aliphatic heterocycles. The average Bonchev–Trinajstić information content (AvgIpc) is 3.32. The summed E-state index contributed by atoms with van der Waals surface area (Å²) in [5, 5.41) is 15.0. The molecule has 3 saturated carbocycles. The van der Waals surface area contributed by atoms with Gasteiger partial charge in [0, 0.05) is 6.54 Å². The standard InChI is InChI=1S/C15H24N2O3/c18-13(19)15(7-1-2-8-15)17-14(20)16-9-12(10-3-4-10)11-5-6-11/h10-12H,1-9H2,(H,18,19)(H2,16,17,20). The number of urea groups is 1. The highest BCUT2D eigenvalue weighted by Gasteiger charge is 2.44. The van der Waals surface area contributed by atoms with Gasteiger partial charge in [0.1, 0.15) is 5.54 Å². The molecule has 3 rings (SSSR count). The normalized spacial score (nSPS) is 24.6. The summed E-state index contributed by atoms with van der Waals surface area (Å²) in [6.45, 7) is 0.705. The largest absolute Gasteiger partial charge is 0.480 e. The van der Waals surface area contributed by atoms with E-state index in [0.717, 1.165) is 24.7 Å². The smallest absolute Gasteiger partial charge is 0.329 e. The molecule has 3 fully saturated rings. The lowest BCUT2D eigenvalue weighted by molar-refractivity contribution is -0.144. The van der Waals surface area contributed by atoms with Gasteiger partial charge >= 0.3 is 12.0 Å². The summed E-state index contributed by atoms with van der Waals surface area (Å²) in [6, 6.07) is -0.305. The van der Waals surface area contributed by atoms with E-state index >= 15 is 0 Å². The van der Waals surface area contributed by atoms with Gasteiger partial charge in [0.15, 0.2) is 0 Å². The Balaban J connectivity index is 1.49. The summed E-state index contributed by atoms with van der Waals surface area (Å²) in [5.41, 5.74) is -1.03. The fraction of sp³-hybridized carbons (Fsp3) is 0.867. The molecular weight excluding hydrogens is 256 g/mol. The molecule has 0 spiro atoms. The molecule has 0 bridgehead atoms. The van der Waals surface area contributed by atoms with Crippen LogP contribution in [-0.2, 0) is 4.79 Å². The summed E-state index contributed by atoms with van der Waals surface area (Å²) in [6.07, 6.45) is 8.02. The van der Waals surface area contributed by atoms with Crippen molar-refractivity contribution >= 4 is 12.0 Å². The number of carbonyl (C=O) groups excluding carboxylic acids is 1. The van der Waals surface area contributed by atoms with Crippen LogP contribution in [0.4, 0.5) is 4.79 Å². The third kappa shape index (κ3) is 2.91. The first-order valence-corrected chi connectivity index (χ1v) is 7.90. The molecule has 3 aliphatic rings. The molecule has 3 N–H and O–H groups in total. The van der Waals surface area contributed by atoms with E-state index in [4.69, 9.17) is 0 Å². The van der Waals surface area contributed by atoms with Gasteiger partial charge in [-0.05, 0) is 56.3 Å². The number of hydrogen-bond acceptors (Lipinski definition) is 2. The zero-order chi connectivity index (χ0) is 14.2. The minimum absolute atomic E-state index is 0.305. The van der Waals surface area contributed by atoms with Crippen molar-refractivity contribution in [1.82, 2.24) is 10.6 Å². The van der Waals surface area contributed by atoms with E-state index in [1.165, 1.54) is 25.7 Å². The number of carbonyl (C=O) groups is 2. The van der Waals surface area contributed by atoms with Crippen LogP contribution in [0.2, 0.25) is 0 Å². The van der Waals surface area contributed by atoms with Crippen molar-refractivity contribution in [1.29, 1.82) is 0 Å². The predicted molar refractivity (Wildman–Crippen MR) is 74.3 cm³/mol. The lowest BCUT2D eigenvalue weighted by Crippen LogP contribution is -2.56. The van der Waals surface area contributed by atoms with Gasteiger partial charge in [-0.15, -0.1) is 0 Å². The van der Waals surface area contributed by atoms with Crippen LogP contribution in [0.3, 0.4) is 0 Å². The molecule has 0 unspecified atom stereocenters. The van der Waals surface area contributed by atoms with Crippen molar-refractivity contribution in [3.63, 3.8) is 0 Å². The number of carboxylic acids is 1. The average molecular weight is 280 g/mol. The SMILES string of the molecule is O=C(NCC(C1CC1)C1CC1)NC1(C(=O)O)CCCC1. The molecule has 20 heavy (non-hydrogen) atoms. The third-order valence-electron chi connectivity index (χ3n) is 5.17. The predicted octanol–water partition coefficient (Wildman–Crippen LogP) is 2.12. The molecule has 0 atom stereocenters. The van der Waals surface area contributed by atoms with Crippen LogP contribution in [0.25, 0.3) is 0 Å². The minimum atomic E-state index is -1.03. The second-order valence-corrected chi connectivity index (χ2v) is 6.77. The molecule has 0 radical (unpaired) electrons. The highest BCUT2D eigenvalue weighted by Crippen LogP contribution is 2.48. The van der Waals surface area contributed by atoms with Crippen LogP contribution >= 0.6 is 0 Å². The Labute approximate surface area is 119 Å². The number of amides is 2. The summed E-state index contributed by atoms with van der Waals surface area (Å²) in [5.74, 6) is 1.31. The van der Waals surface area contributed by atoms with Crippen LogP contribution in [0.5, 0.6) is 0 Å². The summed E-state index contributed by atoms with van der Waals surface area (Å²) < 4.78 is 0. The maximum atomic E-state index is 12.0. The second kappa shape index (κ2) is 5.26. The summed E-state index contributed by atoms with van der Waals surface area (Å²) >= 11 is 0. The number of aliphatic carboxylic acids is 1. The van der Waals surface area contributed by atoms with Gasteiger partial charge < -0.3 is 15.7 Å². The van der Waals surface area contributed by atoms with Gasteiger partial charge in [0.25, 0.3) is 0 Å². The Morgan fingerprint density at radius 3 is 2.10 bits per heavy atom. The Morgan fingerprint density at radius 2 is 1.65 bits per heavy atom. The Hall–Kier alpha value is -1.26. The van der Waals surface area contributed by atoms with Gasteiger partial charge in [0.2, 0.25) is 0 Å². The first-order valence-electron chi connectivity index (χ1n) is 7.90. The Morgan fingerprint density at radius 1 is 1.10 bits per heavy atom. The first kappa shape index (κ1) is 13.7. The number of carboxylic acid groups (broad SMARTS) is 1. The van der Waals surface area contributed by atoms with Crippen molar-refractivity contribution < 1.29 is 14.7 Å². The second-order valence-electron chi connectivity index (χ2n) is 6.77. The third-order valence-corrected chi connectivity index (χ3v) is 5.17. The maximum absolute atomic E-state index is 12.0. The molecule has 0 aromatic carbocycles. The van der Waals surface area contributed by atoms with E-state index in [0.29, 0.717) is 25.3 Å². The van der Waals surface area contributed by atoms with E-state index in [1.54, 1.807) is 0 Å². The maximum Gasteiger partial charge on any atom is 0.329 e. The molecule has 112 valence electrons. The monoisotopic (exact) mass is 280 g/mol. The lowest BCUT2D eigenvalue weighted by Gasteiger charge is -2.26. The quantitative estimate of drug-likeness (QED) is 0.697. The summed E-state index contributed by atoms with van der Waals surface area (Å²) in [4.78, 5) is 23.4. The van der Waals surface area contributed by atoms with Crippen molar-refractivity contribution in [3.05, 3.63) is 0 Å². The van der Waals surface area contributed by atoms with E-state index < -0.39 is 11.5 Å². The van der Waals surface area contributed by atoms with E-state index in [1.807, 2.05) is 0 Å². The van der Waals surface area contributed by atoms with Crippen LogP contribution < -0.4 is 10.6 Å². The van der Waals surface area contributed by atoms with Crippen LogP contribution in [0.1, 0.15) is 51.4 Å². The molecule has 0 saturated heterocycles. The van der Waals surface area contributed by atoms with Crippen molar-refractivity contribution in [2.24, 2.45) is 17.8 Å². The van der Waals surface area contributed by atoms with E-state index in [-0.39, 0.29) is 6.03 Å². The lowest BCUT2D eigenvalue weighted by atomic mass is 9.97. The molecular formula is C15H24N2O3. The molecule has 0 aromatic heterocycles. The molecule has 2 amide bonds. The Bertz CT molecular complexity index is 384. The fourth-order valence-electron chi connectivity index (χ4n) is 3.61. The summed E-state index contributed by atoms with van der Waals surface area (Å²) in [7, 11) is 0. The van der Waals surface area contributed by atoms with Crippen molar-refractivity contribution in [2.75, 3.05) is 6.54 Å². The van der Waals surface area contributed by atoms with E-state index in [9.17, 15) is 14.7 Å². The zero-order valence-corrected chi connectivity index (χ0v) is 11.9.